The Hall–Kier alpha value is -5.14. The van der Waals surface area contributed by atoms with Crippen LogP contribution in [0.1, 0.15) is 70.4 Å². The fraction of sp³-hybridized carbons (Fsp3) is 0.140. The summed E-state index contributed by atoms with van der Waals surface area (Å²) < 4.78 is 37.4. The van der Waals surface area contributed by atoms with E-state index in [2.05, 4.69) is 54.3 Å². The average Bonchev–Trinajstić information content (AvgIpc) is 3.66. The molecule has 0 atom stereocenters. The summed E-state index contributed by atoms with van der Waals surface area (Å²) in [5, 5.41) is 0. The summed E-state index contributed by atoms with van der Waals surface area (Å²) in [7, 11) is 0. The molecule has 50 heavy (non-hydrogen) atoms. The molecule has 0 saturated carbocycles. The Balaban J connectivity index is 1.32. The highest BCUT2D eigenvalue weighted by molar-refractivity contribution is 7.99. The number of halogens is 2. The summed E-state index contributed by atoms with van der Waals surface area (Å²) in [4.78, 5) is 4.75. The Labute approximate surface area is 297 Å². The lowest BCUT2D eigenvalue weighted by atomic mass is 9.80. The molecule has 0 aliphatic carbocycles. The van der Waals surface area contributed by atoms with Crippen molar-refractivity contribution in [2.45, 2.75) is 43.4 Å². The Morgan fingerprint density at radius 3 is 1.76 bits per heavy atom. The molecule has 2 aromatic heterocycles. The van der Waals surface area contributed by atoms with Crippen molar-refractivity contribution in [3.8, 4) is 0 Å². The molecule has 2 aliphatic rings. The molecule has 0 bridgehead atoms. The third kappa shape index (κ3) is 5.50. The van der Waals surface area contributed by atoms with Crippen LogP contribution in [0.15, 0.2) is 125 Å². The molecule has 2 aliphatic heterocycles. The summed E-state index contributed by atoms with van der Waals surface area (Å²) in [6, 6.07) is 38.6. The van der Waals surface area contributed by atoms with Crippen LogP contribution in [0, 0.1) is 19.8 Å². The van der Waals surface area contributed by atoms with E-state index in [-0.39, 0.29) is 0 Å². The Kier molecular flexibility index (Phi) is 8.32. The van der Waals surface area contributed by atoms with Gasteiger partial charge in [0.15, 0.2) is 0 Å². The van der Waals surface area contributed by atoms with Crippen LogP contribution in [0.3, 0.4) is 0 Å². The third-order valence-electron chi connectivity index (χ3n) is 9.75. The quantitative estimate of drug-likeness (QED) is 0.117. The number of fused-ring (bicyclic) bond motifs is 4. The first-order chi connectivity index (χ1) is 24.3. The monoisotopic (exact) mass is 677 g/mol. The maximum Gasteiger partial charge on any atom is 0.535 e. The molecule has 6 aromatic rings. The molecule has 0 fully saturated rings. The third-order valence-corrected chi connectivity index (χ3v) is 10.9. The van der Waals surface area contributed by atoms with Crippen molar-refractivity contribution in [1.29, 1.82) is 0 Å². The van der Waals surface area contributed by atoms with Crippen LogP contribution in [-0.4, -0.2) is 22.5 Å². The van der Waals surface area contributed by atoms with Crippen LogP contribution in [0.4, 0.5) is 20.0 Å². The van der Waals surface area contributed by atoms with Crippen molar-refractivity contribution in [2.75, 3.05) is 11.4 Å². The van der Waals surface area contributed by atoms with Gasteiger partial charge in [-0.15, -0.1) is 0 Å². The summed E-state index contributed by atoms with van der Waals surface area (Å²) in [5.74, 6) is 0.828. The van der Waals surface area contributed by atoms with E-state index < -0.39 is 6.97 Å². The number of hydrogen-bond donors (Lipinski definition) is 0. The number of unbranched alkanes of at least 4 members (excludes halogenated alkanes) is 1. The molecular weight excluding hydrogens is 639 g/mol. The van der Waals surface area contributed by atoms with Crippen LogP contribution >= 0.6 is 11.8 Å². The summed E-state index contributed by atoms with van der Waals surface area (Å²) in [6.07, 6.45) is 9.65. The lowest BCUT2D eigenvalue weighted by Gasteiger charge is -2.40. The topological polar surface area (TPSA) is 13.1 Å². The number of anilines is 2. The normalized spacial score (nSPS) is 14.6. The van der Waals surface area contributed by atoms with Gasteiger partial charge in [-0.2, -0.15) is 0 Å². The second-order valence-corrected chi connectivity index (χ2v) is 14.2. The fourth-order valence-corrected chi connectivity index (χ4v) is 8.59. The SMILES string of the molecule is CCCCN1c2ccccc2Sc2cc([C+]3c4c(C)cc(/C=C/c5ccccc5)n4[B-](F)(F)n4c(/C=C/c5ccccc5)cc(C)c43)ccc21. The van der Waals surface area contributed by atoms with E-state index in [1.54, 1.807) is 11.8 Å². The highest BCUT2D eigenvalue weighted by Gasteiger charge is 2.48. The average molecular weight is 678 g/mol. The zero-order valence-corrected chi connectivity index (χ0v) is 29.3. The lowest BCUT2D eigenvalue weighted by Crippen LogP contribution is -2.50. The van der Waals surface area contributed by atoms with Crippen LogP contribution < -0.4 is 4.90 Å². The molecule has 4 aromatic carbocycles. The number of para-hydroxylation sites is 1. The fourth-order valence-electron chi connectivity index (χ4n) is 7.46. The molecule has 0 N–H and O–H groups in total. The lowest BCUT2D eigenvalue weighted by molar-refractivity contribution is 0.518. The molecule has 0 unspecified atom stereocenters. The zero-order chi connectivity index (χ0) is 34.4. The van der Waals surface area contributed by atoms with Gasteiger partial charge < -0.3 is 22.5 Å². The molecular formula is C43H38BF2N3S. The van der Waals surface area contributed by atoms with Gasteiger partial charge in [0, 0.05) is 46.1 Å². The summed E-state index contributed by atoms with van der Waals surface area (Å²) >= 11 is 1.76. The molecule has 0 saturated heterocycles. The van der Waals surface area contributed by atoms with E-state index in [0.29, 0.717) is 22.8 Å². The largest absolute Gasteiger partial charge is 0.535 e. The first-order valence-corrected chi connectivity index (χ1v) is 18.2. The first-order valence-electron chi connectivity index (χ1n) is 17.3. The second kappa shape index (κ2) is 13.0. The van der Waals surface area contributed by atoms with E-state index in [1.165, 1.54) is 19.5 Å². The minimum Gasteiger partial charge on any atom is -0.437 e. The molecule has 3 nitrogen and oxygen atoms in total. The van der Waals surface area contributed by atoms with E-state index >= 15 is 8.63 Å². The van der Waals surface area contributed by atoms with Gasteiger partial charge in [0.2, 0.25) is 0 Å². The second-order valence-electron chi connectivity index (χ2n) is 13.2. The number of benzene rings is 4. The number of aryl methyl sites for hydroxylation is 2. The van der Waals surface area contributed by atoms with Gasteiger partial charge in [-0.1, -0.05) is 110 Å². The minimum atomic E-state index is -4.26. The predicted octanol–water partition coefficient (Wildman–Crippen LogP) is 11.8. The highest BCUT2D eigenvalue weighted by atomic mass is 32.2. The van der Waals surface area contributed by atoms with Crippen molar-refractivity contribution < 1.29 is 8.63 Å². The number of hydrogen-bond acceptors (Lipinski definition) is 2. The maximum atomic E-state index is 17.4. The van der Waals surface area contributed by atoms with E-state index in [4.69, 9.17) is 0 Å². The highest BCUT2D eigenvalue weighted by Crippen LogP contribution is 2.51. The summed E-state index contributed by atoms with van der Waals surface area (Å²) in [5.41, 5.74) is 8.96. The zero-order valence-electron chi connectivity index (χ0n) is 28.5. The Morgan fingerprint density at radius 2 is 1.18 bits per heavy atom. The van der Waals surface area contributed by atoms with Crippen molar-refractivity contribution >= 4 is 54.4 Å². The van der Waals surface area contributed by atoms with E-state index in [1.807, 2.05) is 111 Å². The van der Waals surface area contributed by atoms with Gasteiger partial charge in [0.05, 0.1) is 33.2 Å². The first kappa shape index (κ1) is 32.1. The molecule has 0 radical (unpaired) electrons. The van der Waals surface area contributed by atoms with Crippen LogP contribution in [0.2, 0.25) is 0 Å². The van der Waals surface area contributed by atoms with Gasteiger partial charge in [-0.3, -0.25) is 0 Å². The molecule has 248 valence electrons. The van der Waals surface area contributed by atoms with Crippen LogP contribution in [0.25, 0.3) is 24.3 Å². The number of rotatable bonds is 8. The van der Waals surface area contributed by atoms with Gasteiger partial charge in [0.25, 0.3) is 0 Å². The summed E-state index contributed by atoms with van der Waals surface area (Å²) in [6.45, 7) is 2.79. The van der Waals surface area contributed by atoms with Crippen molar-refractivity contribution in [3.63, 3.8) is 0 Å². The van der Waals surface area contributed by atoms with Crippen molar-refractivity contribution in [2.24, 2.45) is 0 Å². The van der Waals surface area contributed by atoms with Gasteiger partial charge in [-0.05, 0) is 73.9 Å². The molecule has 0 amide bonds. The molecule has 4 heterocycles. The van der Waals surface area contributed by atoms with Crippen LogP contribution in [-0.2, 0) is 0 Å². The number of aromatic nitrogens is 2. The molecule has 0 spiro atoms. The van der Waals surface area contributed by atoms with Crippen molar-refractivity contribution in [1.82, 2.24) is 8.96 Å². The Bertz CT molecular complexity index is 2150. The van der Waals surface area contributed by atoms with E-state index in [9.17, 15) is 0 Å². The molecule has 8 rings (SSSR count). The smallest absolute Gasteiger partial charge is 0.437 e. The molecule has 7 heteroatoms. The van der Waals surface area contributed by atoms with Crippen LogP contribution in [0.5, 0.6) is 0 Å². The predicted molar refractivity (Wildman–Crippen MR) is 207 cm³/mol. The van der Waals surface area contributed by atoms with Crippen molar-refractivity contribution in [3.05, 3.63) is 172 Å². The van der Waals surface area contributed by atoms with Gasteiger partial charge in [-0.25, -0.2) is 0 Å². The minimum absolute atomic E-state index is 0.478. The number of nitrogens with zero attached hydrogens (tertiary/aromatic N) is 3. The Morgan fingerprint density at radius 1 is 0.640 bits per heavy atom. The van der Waals surface area contributed by atoms with Gasteiger partial charge >= 0.3 is 6.97 Å². The maximum absolute atomic E-state index is 17.4. The standard InChI is InChI=1S/C43H38BF2N3S/c1-4-5-26-47-37-18-12-13-19-39(37)50-40-29-34(22-25-38(40)47)41-42-30(2)27-35(23-20-32-14-8-6-9-15-32)48(42)44(45,46)49-36(28-31(3)43(41)49)24-21-33-16-10-7-11-17-33/h6-25,27-29H,4-5,26H2,1-3H3/b23-20+,24-21+. The van der Waals surface area contributed by atoms with E-state index in [0.717, 1.165) is 63.7 Å². The van der Waals surface area contributed by atoms with Gasteiger partial charge in [0.1, 0.15) is 5.92 Å².